The topological polar surface area (TPSA) is 57.6 Å². The fourth-order valence-corrected chi connectivity index (χ4v) is 4.54. The van der Waals surface area contributed by atoms with Crippen LogP contribution in [-0.4, -0.2) is 21.2 Å². The zero-order valence-electron chi connectivity index (χ0n) is 18.7. The van der Waals surface area contributed by atoms with E-state index in [4.69, 9.17) is 11.6 Å². The van der Waals surface area contributed by atoms with Crippen molar-refractivity contribution in [3.63, 3.8) is 0 Å². The molecule has 1 saturated heterocycles. The molecule has 1 N–H and O–H groups in total. The van der Waals surface area contributed by atoms with Crippen molar-refractivity contribution in [2.75, 3.05) is 0 Å². The number of phenols is 1. The number of carbonyl (C=O) groups is 2. The fraction of sp³-hybridized carbons (Fsp3) is 0.360. The molecule has 0 aliphatic carbocycles. The summed E-state index contributed by atoms with van der Waals surface area (Å²) in [6, 6.07) is 10.9. The summed E-state index contributed by atoms with van der Waals surface area (Å²) in [6.07, 6.45) is 1.74. The van der Waals surface area contributed by atoms with Gasteiger partial charge in [0.1, 0.15) is 5.75 Å². The molecule has 2 aromatic rings. The van der Waals surface area contributed by atoms with E-state index in [1.54, 1.807) is 24.3 Å². The first-order chi connectivity index (χ1) is 14.3. The van der Waals surface area contributed by atoms with Crippen molar-refractivity contribution in [3.05, 3.63) is 68.6 Å². The van der Waals surface area contributed by atoms with Gasteiger partial charge in [-0.2, -0.15) is 0 Å². The molecule has 2 amide bonds. The average molecular weight is 458 g/mol. The lowest BCUT2D eigenvalue weighted by Gasteiger charge is -2.28. The van der Waals surface area contributed by atoms with Crippen LogP contribution in [0.2, 0.25) is 5.02 Å². The van der Waals surface area contributed by atoms with Crippen LogP contribution in [0, 0.1) is 0 Å². The van der Waals surface area contributed by atoms with Gasteiger partial charge in [-0.1, -0.05) is 65.3 Å². The van der Waals surface area contributed by atoms with Gasteiger partial charge in [-0.3, -0.25) is 14.5 Å². The third-order valence-corrected chi connectivity index (χ3v) is 6.29. The second-order valence-electron chi connectivity index (χ2n) is 9.86. The number of hydrogen-bond acceptors (Lipinski definition) is 4. The average Bonchev–Trinajstić information content (AvgIpc) is 2.88. The van der Waals surface area contributed by atoms with Crippen LogP contribution in [0.3, 0.4) is 0 Å². The number of halogens is 1. The lowest BCUT2D eigenvalue weighted by Crippen LogP contribution is -2.27. The minimum atomic E-state index is -0.322. The van der Waals surface area contributed by atoms with E-state index in [0.717, 1.165) is 34.0 Å². The molecule has 3 rings (SSSR count). The van der Waals surface area contributed by atoms with Crippen molar-refractivity contribution < 1.29 is 14.7 Å². The number of thioether (sulfide) groups is 1. The molecule has 164 valence electrons. The largest absolute Gasteiger partial charge is 0.507 e. The van der Waals surface area contributed by atoms with Gasteiger partial charge < -0.3 is 5.11 Å². The van der Waals surface area contributed by atoms with Crippen molar-refractivity contribution in [1.82, 2.24) is 4.90 Å². The predicted molar refractivity (Wildman–Crippen MR) is 128 cm³/mol. The summed E-state index contributed by atoms with van der Waals surface area (Å²) in [7, 11) is 0. The SMILES string of the molecule is CC(C)(C)c1cc(/C=C2\SC(=O)N(Cc3cccc(Cl)c3)C2=O)cc(C(C)(C)C)c1O. The molecule has 31 heavy (non-hydrogen) atoms. The highest BCUT2D eigenvalue weighted by Crippen LogP contribution is 2.41. The predicted octanol–water partition coefficient (Wildman–Crippen LogP) is 6.88. The molecule has 1 aliphatic heterocycles. The Hall–Kier alpha value is -2.24. The molecule has 0 spiro atoms. The van der Waals surface area contributed by atoms with Crippen LogP contribution >= 0.6 is 23.4 Å². The number of aromatic hydroxyl groups is 1. The molecule has 1 fully saturated rings. The summed E-state index contributed by atoms with van der Waals surface area (Å²) in [5, 5.41) is 11.2. The highest BCUT2D eigenvalue weighted by molar-refractivity contribution is 8.18. The Balaban J connectivity index is 1.99. The Labute approximate surface area is 193 Å². The molecule has 1 heterocycles. The van der Waals surface area contributed by atoms with Crippen LogP contribution in [0.15, 0.2) is 41.3 Å². The third-order valence-electron chi connectivity index (χ3n) is 5.15. The number of benzene rings is 2. The van der Waals surface area contributed by atoms with E-state index in [-0.39, 0.29) is 34.3 Å². The molecular formula is C25H28ClNO3S. The van der Waals surface area contributed by atoms with Gasteiger partial charge >= 0.3 is 0 Å². The molecule has 0 unspecified atom stereocenters. The molecule has 6 heteroatoms. The Morgan fingerprint density at radius 2 is 1.58 bits per heavy atom. The van der Waals surface area contributed by atoms with Crippen LogP contribution in [0.25, 0.3) is 6.08 Å². The van der Waals surface area contributed by atoms with Crippen molar-refractivity contribution in [2.45, 2.75) is 58.9 Å². The first-order valence-electron chi connectivity index (χ1n) is 10.1. The lowest BCUT2D eigenvalue weighted by atomic mass is 9.78. The maximum atomic E-state index is 13.0. The molecule has 0 aromatic heterocycles. The maximum Gasteiger partial charge on any atom is 0.293 e. The Morgan fingerprint density at radius 3 is 2.10 bits per heavy atom. The van der Waals surface area contributed by atoms with E-state index < -0.39 is 0 Å². The smallest absolute Gasteiger partial charge is 0.293 e. The van der Waals surface area contributed by atoms with Gasteiger partial charge in [0.2, 0.25) is 0 Å². The van der Waals surface area contributed by atoms with Crippen molar-refractivity contribution >= 4 is 40.6 Å². The number of imide groups is 1. The molecule has 1 aliphatic rings. The molecular weight excluding hydrogens is 430 g/mol. The quantitative estimate of drug-likeness (QED) is 0.510. The Bertz CT molecular complexity index is 1040. The van der Waals surface area contributed by atoms with E-state index in [0.29, 0.717) is 9.93 Å². The number of amides is 2. The normalized spacial score (nSPS) is 16.5. The third kappa shape index (κ3) is 5.16. The first-order valence-corrected chi connectivity index (χ1v) is 11.3. The van der Waals surface area contributed by atoms with Gasteiger partial charge in [-0.05, 0) is 64.1 Å². The molecule has 0 atom stereocenters. The lowest BCUT2D eigenvalue weighted by molar-refractivity contribution is -0.123. The fourth-order valence-electron chi connectivity index (χ4n) is 3.49. The van der Waals surface area contributed by atoms with Crippen molar-refractivity contribution in [1.29, 1.82) is 0 Å². The summed E-state index contributed by atoms with van der Waals surface area (Å²) in [5.41, 5.74) is 2.65. The summed E-state index contributed by atoms with van der Waals surface area (Å²) < 4.78 is 0. The summed E-state index contributed by atoms with van der Waals surface area (Å²) in [4.78, 5) is 27.1. The molecule has 0 radical (unpaired) electrons. The van der Waals surface area contributed by atoms with E-state index in [1.807, 2.05) is 59.7 Å². The molecule has 2 aromatic carbocycles. The van der Waals surface area contributed by atoms with Gasteiger partial charge in [0, 0.05) is 16.1 Å². The second kappa shape index (κ2) is 8.36. The Kier molecular flexibility index (Phi) is 6.32. The monoisotopic (exact) mass is 457 g/mol. The number of nitrogens with zero attached hydrogens (tertiary/aromatic N) is 1. The number of rotatable bonds is 3. The number of carbonyl (C=O) groups excluding carboxylic acids is 2. The standard InChI is InChI=1S/C25H28ClNO3S/c1-24(2,3)18-11-16(12-19(21(18)28)25(4,5)6)13-20-22(29)27(23(30)31-20)14-15-8-7-9-17(26)10-15/h7-13,28H,14H2,1-6H3/b20-13-. The highest BCUT2D eigenvalue weighted by Gasteiger charge is 2.35. The van der Waals surface area contributed by atoms with Gasteiger partial charge in [0.25, 0.3) is 11.1 Å². The minimum absolute atomic E-state index is 0.179. The van der Waals surface area contributed by atoms with Gasteiger partial charge in [-0.15, -0.1) is 0 Å². The summed E-state index contributed by atoms with van der Waals surface area (Å²) in [6.45, 7) is 12.4. The van der Waals surface area contributed by atoms with Gasteiger partial charge in [0.05, 0.1) is 11.4 Å². The van der Waals surface area contributed by atoms with E-state index in [2.05, 4.69) is 0 Å². The van der Waals surface area contributed by atoms with E-state index in [9.17, 15) is 14.7 Å². The van der Waals surface area contributed by atoms with Crippen LogP contribution in [-0.2, 0) is 22.2 Å². The summed E-state index contributed by atoms with van der Waals surface area (Å²) >= 11 is 6.96. The van der Waals surface area contributed by atoms with E-state index in [1.165, 1.54) is 4.90 Å². The van der Waals surface area contributed by atoms with E-state index >= 15 is 0 Å². The van der Waals surface area contributed by atoms with Crippen molar-refractivity contribution in [3.8, 4) is 5.75 Å². The van der Waals surface area contributed by atoms with Crippen molar-refractivity contribution in [2.24, 2.45) is 0 Å². The Morgan fingerprint density at radius 1 is 1.00 bits per heavy atom. The molecule has 0 saturated carbocycles. The number of hydrogen-bond donors (Lipinski definition) is 1. The van der Waals surface area contributed by atoms with Gasteiger partial charge in [-0.25, -0.2) is 0 Å². The van der Waals surface area contributed by atoms with Crippen LogP contribution in [0.4, 0.5) is 4.79 Å². The molecule has 4 nitrogen and oxygen atoms in total. The highest BCUT2D eigenvalue weighted by atomic mass is 35.5. The minimum Gasteiger partial charge on any atom is -0.507 e. The van der Waals surface area contributed by atoms with Crippen LogP contribution < -0.4 is 0 Å². The summed E-state index contributed by atoms with van der Waals surface area (Å²) in [5.74, 6) is -0.0381. The van der Waals surface area contributed by atoms with Crippen LogP contribution in [0.1, 0.15) is 63.8 Å². The zero-order chi connectivity index (χ0) is 23.1. The zero-order valence-corrected chi connectivity index (χ0v) is 20.3. The second-order valence-corrected chi connectivity index (χ2v) is 11.3. The number of phenolic OH excluding ortho intramolecular Hbond substituents is 1. The molecule has 0 bridgehead atoms. The van der Waals surface area contributed by atoms with Gasteiger partial charge in [0.15, 0.2) is 0 Å². The van der Waals surface area contributed by atoms with Crippen LogP contribution in [0.5, 0.6) is 5.75 Å². The maximum absolute atomic E-state index is 13.0. The first kappa shape index (κ1) is 23.4.